The molecule has 0 radical (unpaired) electrons. The van der Waals surface area contributed by atoms with Gasteiger partial charge in [-0.25, -0.2) is 8.42 Å². The van der Waals surface area contributed by atoms with E-state index in [1.54, 1.807) is 7.11 Å². The first-order valence-corrected chi connectivity index (χ1v) is 7.78. The quantitative estimate of drug-likeness (QED) is 0.709. The van der Waals surface area contributed by atoms with Crippen LogP contribution in [0.25, 0.3) is 0 Å². The third-order valence-electron chi connectivity index (χ3n) is 3.20. The third-order valence-corrected chi connectivity index (χ3v) is 4.23. The molecule has 16 heavy (non-hydrogen) atoms. The van der Waals surface area contributed by atoms with Crippen molar-refractivity contribution in [2.24, 2.45) is 0 Å². The number of aliphatic hydroxyl groups excluding tert-OH is 1. The molecule has 0 aliphatic rings. The standard InChI is InChI=1S/C11H24O4S/c1-5-11(6-2,15-3)10(12)8-7-9-16(4,13)14/h10,12H,5-9H2,1-4H3. The Bertz CT molecular complexity index is 272. The van der Waals surface area contributed by atoms with Crippen LogP contribution in [0.1, 0.15) is 39.5 Å². The molecule has 5 heteroatoms. The van der Waals surface area contributed by atoms with E-state index in [2.05, 4.69) is 0 Å². The Morgan fingerprint density at radius 1 is 1.31 bits per heavy atom. The first kappa shape index (κ1) is 15.9. The fourth-order valence-electron chi connectivity index (χ4n) is 1.95. The molecule has 1 atom stereocenters. The van der Waals surface area contributed by atoms with Gasteiger partial charge in [-0.15, -0.1) is 0 Å². The molecule has 0 bridgehead atoms. The number of sulfone groups is 1. The highest BCUT2D eigenvalue weighted by molar-refractivity contribution is 7.90. The Kier molecular flexibility index (Phi) is 6.51. The summed E-state index contributed by atoms with van der Waals surface area (Å²) in [6.07, 6.45) is 2.99. The first-order chi connectivity index (χ1) is 7.31. The summed E-state index contributed by atoms with van der Waals surface area (Å²) in [6.45, 7) is 3.93. The molecule has 0 heterocycles. The van der Waals surface area contributed by atoms with E-state index >= 15 is 0 Å². The molecular weight excluding hydrogens is 228 g/mol. The maximum Gasteiger partial charge on any atom is 0.147 e. The SMILES string of the molecule is CCC(CC)(OC)C(O)CCCS(C)(=O)=O. The lowest BCUT2D eigenvalue weighted by Gasteiger charge is -2.35. The smallest absolute Gasteiger partial charge is 0.147 e. The molecule has 4 nitrogen and oxygen atoms in total. The Balaban J connectivity index is 4.27. The lowest BCUT2D eigenvalue weighted by atomic mass is 9.88. The average molecular weight is 252 g/mol. The van der Waals surface area contributed by atoms with Crippen LogP contribution in [0.5, 0.6) is 0 Å². The van der Waals surface area contributed by atoms with E-state index in [1.807, 2.05) is 13.8 Å². The summed E-state index contributed by atoms with van der Waals surface area (Å²) in [7, 11) is -1.35. The molecular formula is C11H24O4S. The molecule has 0 aromatic carbocycles. The summed E-state index contributed by atoms with van der Waals surface area (Å²) in [5.74, 6) is 0.122. The average Bonchev–Trinajstić information content (AvgIpc) is 2.19. The van der Waals surface area contributed by atoms with E-state index in [9.17, 15) is 13.5 Å². The predicted octanol–water partition coefficient (Wildman–Crippen LogP) is 1.38. The summed E-state index contributed by atoms with van der Waals surface area (Å²) in [6, 6.07) is 0. The van der Waals surface area contributed by atoms with E-state index in [0.717, 1.165) is 12.8 Å². The number of aliphatic hydroxyl groups is 1. The molecule has 0 aromatic rings. The van der Waals surface area contributed by atoms with E-state index in [4.69, 9.17) is 4.74 Å². The van der Waals surface area contributed by atoms with Gasteiger partial charge in [-0.05, 0) is 25.7 Å². The van der Waals surface area contributed by atoms with Crippen molar-refractivity contribution in [3.8, 4) is 0 Å². The van der Waals surface area contributed by atoms with Crippen LogP contribution in [-0.4, -0.2) is 44.3 Å². The van der Waals surface area contributed by atoms with Crippen molar-refractivity contribution in [2.75, 3.05) is 19.1 Å². The van der Waals surface area contributed by atoms with Crippen molar-refractivity contribution in [3.63, 3.8) is 0 Å². The van der Waals surface area contributed by atoms with Gasteiger partial charge >= 0.3 is 0 Å². The number of rotatable bonds is 8. The van der Waals surface area contributed by atoms with Crippen LogP contribution in [-0.2, 0) is 14.6 Å². The van der Waals surface area contributed by atoms with Gasteiger partial charge in [0.1, 0.15) is 9.84 Å². The van der Waals surface area contributed by atoms with Crippen molar-refractivity contribution in [1.82, 2.24) is 0 Å². The molecule has 0 aliphatic heterocycles. The van der Waals surface area contributed by atoms with Gasteiger partial charge in [0.05, 0.1) is 11.7 Å². The van der Waals surface area contributed by atoms with Crippen LogP contribution in [0.2, 0.25) is 0 Å². The molecule has 0 amide bonds. The number of hydrogen-bond donors (Lipinski definition) is 1. The minimum atomic E-state index is -2.94. The van der Waals surface area contributed by atoms with Crippen LogP contribution < -0.4 is 0 Å². The molecule has 0 saturated heterocycles. The van der Waals surface area contributed by atoms with Crippen molar-refractivity contribution >= 4 is 9.84 Å². The van der Waals surface area contributed by atoms with E-state index in [-0.39, 0.29) is 5.75 Å². The van der Waals surface area contributed by atoms with Gasteiger partial charge < -0.3 is 9.84 Å². The molecule has 0 fully saturated rings. The Morgan fingerprint density at radius 3 is 2.12 bits per heavy atom. The molecule has 0 aliphatic carbocycles. The summed E-state index contributed by atoms with van der Waals surface area (Å²) >= 11 is 0. The minimum Gasteiger partial charge on any atom is -0.390 e. The highest BCUT2D eigenvalue weighted by Gasteiger charge is 2.34. The normalized spacial score (nSPS) is 15.1. The van der Waals surface area contributed by atoms with Gasteiger partial charge in [-0.1, -0.05) is 13.8 Å². The molecule has 1 unspecified atom stereocenters. The zero-order valence-electron chi connectivity index (χ0n) is 10.7. The van der Waals surface area contributed by atoms with Crippen LogP contribution in [0.3, 0.4) is 0 Å². The van der Waals surface area contributed by atoms with Gasteiger partial charge in [0.25, 0.3) is 0 Å². The van der Waals surface area contributed by atoms with Gasteiger partial charge in [-0.3, -0.25) is 0 Å². The van der Waals surface area contributed by atoms with Gasteiger partial charge in [0.15, 0.2) is 0 Å². The van der Waals surface area contributed by atoms with E-state index in [0.29, 0.717) is 12.8 Å². The molecule has 0 rings (SSSR count). The summed E-state index contributed by atoms with van der Waals surface area (Å²) in [4.78, 5) is 0. The molecule has 1 N–H and O–H groups in total. The van der Waals surface area contributed by atoms with Crippen molar-refractivity contribution < 1.29 is 18.3 Å². The number of hydrogen-bond acceptors (Lipinski definition) is 4. The number of ether oxygens (including phenoxy) is 1. The van der Waals surface area contributed by atoms with Crippen LogP contribution in [0, 0.1) is 0 Å². The Labute approximate surface area is 98.9 Å². The number of methoxy groups -OCH3 is 1. The molecule has 0 saturated carbocycles. The largest absolute Gasteiger partial charge is 0.390 e. The lowest BCUT2D eigenvalue weighted by Crippen LogP contribution is -2.43. The highest BCUT2D eigenvalue weighted by atomic mass is 32.2. The zero-order chi connectivity index (χ0) is 12.8. The van der Waals surface area contributed by atoms with E-state index in [1.165, 1.54) is 6.26 Å². The van der Waals surface area contributed by atoms with E-state index < -0.39 is 21.5 Å². The maximum absolute atomic E-state index is 11.0. The molecule has 0 spiro atoms. The van der Waals surface area contributed by atoms with Crippen molar-refractivity contribution in [3.05, 3.63) is 0 Å². The van der Waals surface area contributed by atoms with Crippen LogP contribution in [0.15, 0.2) is 0 Å². The fourth-order valence-corrected chi connectivity index (χ4v) is 2.64. The first-order valence-electron chi connectivity index (χ1n) is 5.72. The topological polar surface area (TPSA) is 63.6 Å². The molecule has 0 aromatic heterocycles. The second kappa shape index (κ2) is 6.57. The fraction of sp³-hybridized carbons (Fsp3) is 1.00. The van der Waals surface area contributed by atoms with Gasteiger partial charge in [0, 0.05) is 19.1 Å². The Hall–Kier alpha value is -0.130. The lowest BCUT2D eigenvalue weighted by molar-refractivity contribution is -0.110. The second-order valence-corrected chi connectivity index (χ2v) is 6.52. The Morgan fingerprint density at radius 2 is 1.81 bits per heavy atom. The summed E-state index contributed by atoms with van der Waals surface area (Å²) in [5.41, 5.74) is -0.530. The third kappa shape index (κ3) is 4.80. The van der Waals surface area contributed by atoms with Gasteiger partial charge in [0.2, 0.25) is 0 Å². The predicted molar refractivity (Wildman–Crippen MR) is 65.3 cm³/mol. The summed E-state index contributed by atoms with van der Waals surface area (Å²) in [5, 5.41) is 10.0. The molecule has 98 valence electrons. The highest BCUT2D eigenvalue weighted by Crippen LogP contribution is 2.26. The van der Waals surface area contributed by atoms with Crippen LogP contribution in [0.4, 0.5) is 0 Å². The zero-order valence-corrected chi connectivity index (χ0v) is 11.5. The summed E-state index contributed by atoms with van der Waals surface area (Å²) < 4.78 is 27.3. The van der Waals surface area contributed by atoms with Crippen molar-refractivity contribution in [2.45, 2.75) is 51.2 Å². The maximum atomic E-state index is 11.0. The minimum absolute atomic E-state index is 0.122. The van der Waals surface area contributed by atoms with Crippen LogP contribution >= 0.6 is 0 Å². The van der Waals surface area contributed by atoms with Gasteiger partial charge in [-0.2, -0.15) is 0 Å². The second-order valence-electron chi connectivity index (χ2n) is 4.26. The monoisotopic (exact) mass is 252 g/mol. The van der Waals surface area contributed by atoms with Crippen molar-refractivity contribution in [1.29, 1.82) is 0 Å².